The van der Waals surface area contributed by atoms with E-state index in [4.69, 9.17) is 13.7 Å². The number of hydrogen-bond acceptors (Lipinski definition) is 11. The normalized spacial score (nSPS) is 12.9. The number of carboxylic acid groups (broad SMARTS) is 1. The quantitative estimate of drug-likeness (QED) is 0.0878. The van der Waals surface area contributed by atoms with Crippen molar-refractivity contribution in [2.45, 2.75) is 14.7 Å². The van der Waals surface area contributed by atoms with Gasteiger partial charge in [0.1, 0.15) is 37.3 Å². The van der Waals surface area contributed by atoms with Crippen molar-refractivity contribution in [2.75, 3.05) is 0 Å². The molecule has 0 aliphatic rings. The molecule has 0 spiro atoms. The van der Waals surface area contributed by atoms with Crippen molar-refractivity contribution < 1.29 is 58.0 Å². The van der Waals surface area contributed by atoms with Crippen molar-refractivity contribution >= 4 is 79.6 Å². The zero-order valence-corrected chi connectivity index (χ0v) is 23.3. The number of carboxylic acids is 1. The molecular formula is C26H14O14S3. The van der Waals surface area contributed by atoms with E-state index in [1.165, 1.54) is 18.2 Å². The Kier molecular flexibility index (Phi) is 5.99. The fourth-order valence-electron chi connectivity index (χ4n) is 4.98. The van der Waals surface area contributed by atoms with Gasteiger partial charge in [0.2, 0.25) is 0 Å². The zero-order chi connectivity index (χ0) is 31.2. The van der Waals surface area contributed by atoms with E-state index in [1.54, 1.807) is 0 Å². The van der Waals surface area contributed by atoms with Crippen LogP contribution < -0.4 is 9.81 Å². The lowest BCUT2D eigenvalue weighted by Crippen LogP contribution is -2.13. The van der Waals surface area contributed by atoms with Crippen molar-refractivity contribution in [3.05, 3.63) is 76.6 Å². The SMILES string of the molecule is O=C(O)c1cc2ccc(OS(=O)(=O)c3cc(O)c4ccc5c(S(=O)(=O)O)cc(S(=O)(=O)O)c6ccc3c4c56)cc2oc1=O. The molecule has 5 aromatic carbocycles. The van der Waals surface area contributed by atoms with Gasteiger partial charge in [-0.15, -0.1) is 0 Å². The number of rotatable bonds is 6. The second-order valence-electron chi connectivity index (χ2n) is 9.28. The van der Waals surface area contributed by atoms with Gasteiger partial charge in [0.15, 0.2) is 0 Å². The first-order chi connectivity index (χ1) is 20.0. The fraction of sp³-hybridized carbons (Fsp3) is 0. The molecule has 14 nitrogen and oxygen atoms in total. The smallest absolute Gasteiger partial charge is 0.351 e. The lowest BCUT2D eigenvalue weighted by molar-refractivity contribution is 0.0692. The number of phenols is 1. The molecule has 220 valence electrons. The van der Waals surface area contributed by atoms with Crippen LogP contribution in [0, 0.1) is 0 Å². The molecule has 6 rings (SSSR count). The maximum atomic E-state index is 13.5. The van der Waals surface area contributed by atoms with Crippen LogP contribution in [0.2, 0.25) is 0 Å². The Balaban J connectivity index is 1.61. The van der Waals surface area contributed by atoms with Crippen LogP contribution in [0.25, 0.3) is 43.3 Å². The Morgan fingerprint density at radius 3 is 1.79 bits per heavy atom. The van der Waals surface area contributed by atoms with Crippen LogP contribution in [0.4, 0.5) is 0 Å². The Morgan fingerprint density at radius 2 is 1.23 bits per heavy atom. The molecule has 1 heterocycles. The predicted octanol–water partition coefficient (Wildman–Crippen LogP) is 3.36. The molecule has 0 aliphatic heterocycles. The van der Waals surface area contributed by atoms with Gasteiger partial charge in [-0.1, -0.05) is 18.2 Å². The number of benzene rings is 5. The molecule has 6 aromatic rings. The van der Waals surface area contributed by atoms with E-state index in [1.807, 2.05) is 0 Å². The Morgan fingerprint density at radius 1 is 0.698 bits per heavy atom. The van der Waals surface area contributed by atoms with Gasteiger partial charge in [-0.05, 0) is 30.3 Å². The number of hydrogen-bond donors (Lipinski definition) is 4. The number of aromatic carboxylic acids is 1. The molecule has 17 heteroatoms. The Bertz CT molecular complexity index is 2550. The van der Waals surface area contributed by atoms with Crippen molar-refractivity contribution in [1.29, 1.82) is 0 Å². The third-order valence-corrected chi connectivity index (χ3v) is 9.81. The molecule has 43 heavy (non-hydrogen) atoms. The highest BCUT2D eigenvalue weighted by atomic mass is 32.2. The molecule has 0 amide bonds. The number of phenolic OH excluding ortho intramolecular Hbond substituents is 1. The lowest BCUT2D eigenvalue weighted by Gasteiger charge is -2.18. The first-order valence-electron chi connectivity index (χ1n) is 11.7. The minimum atomic E-state index is -5.07. The molecular weight excluding hydrogens is 632 g/mol. The van der Waals surface area contributed by atoms with Gasteiger partial charge in [0, 0.05) is 49.8 Å². The minimum Gasteiger partial charge on any atom is -0.507 e. The molecule has 0 atom stereocenters. The third kappa shape index (κ3) is 4.50. The van der Waals surface area contributed by atoms with E-state index in [9.17, 15) is 49.1 Å². The Hall–Kier alpha value is -4.81. The summed E-state index contributed by atoms with van der Waals surface area (Å²) >= 11 is 0. The van der Waals surface area contributed by atoms with Gasteiger partial charge < -0.3 is 18.8 Å². The highest BCUT2D eigenvalue weighted by Crippen LogP contribution is 2.45. The summed E-state index contributed by atoms with van der Waals surface area (Å²) < 4.78 is 106. The molecule has 0 aliphatic carbocycles. The summed E-state index contributed by atoms with van der Waals surface area (Å²) in [4.78, 5) is 20.8. The van der Waals surface area contributed by atoms with Crippen LogP contribution in [0.15, 0.2) is 84.6 Å². The van der Waals surface area contributed by atoms with Gasteiger partial charge in [-0.3, -0.25) is 9.11 Å². The largest absolute Gasteiger partial charge is 0.507 e. The minimum absolute atomic E-state index is 0.0254. The van der Waals surface area contributed by atoms with Crippen LogP contribution in [0.1, 0.15) is 10.4 Å². The zero-order valence-electron chi connectivity index (χ0n) is 20.9. The van der Waals surface area contributed by atoms with E-state index in [0.29, 0.717) is 6.07 Å². The summed E-state index contributed by atoms with van der Waals surface area (Å²) in [5.41, 5.74) is -2.03. The standard InChI is InChI=1S/C26H14O14S3/c27-18-9-22(43(37,38)40-12-2-1-11-7-17(25(28)29)26(30)39-19(11)8-12)16-6-5-15-21(42(34,35)36)10-20(41(31,32)33)14-4-3-13(18)23(16)24(14)15/h1-10,27H,(H,28,29)(H,31,32,33)(H,34,35,36). The summed E-state index contributed by atoms with van der Waals surface area (Å²) in [6, 6.07) is 10.5. The predicted molar refractivity (Wildman–Crippen MR) is 149 cm³/mol. The van der Waals surface area contributed by atoms with Gasteiger partial charge >= 0.3 is 21.7 Å². The number of fused-ring (bicyclic) bond motifs is 1. The first-order valence-corrected chi connectivity index (χ1v) is 15.9. The van der Waals surface area contributed by atoms with Gasteiger partial charge in [0.25, 0.3) is 20.2 Å². The molecule has 0 bridgehead atoms. The summed E-state index contributed by atoms with van der Waals surface area (Å²) in [5, 5.41) is 19.1. The van der Waals surface area contributed by atoms with Gasteiger partial charge in [0.05, 0.1) is 0 Å². The molecule has 0 saturated heterocycles. The van der Waals surface area contributed by atoms with Crippen LogP contribution in [0.5, 0.6) is 11.5 Å². The Labute approximate surface area is 239 Å². The lowest BCUT2D eigenvalue weighted by atomic mass is 9.94. The number of aromatic hydroxyl groups is 1. The summed E-state index contributed by atoms with van der Waals surface area (Å²) in [6.07, 6.45) is 0. The van der Waals surface area contributed by atoms with Crippen LogP contribution in [-0.4, -0.2) is 50.5 Å². The van der Waals surface area contributed by atoms with Crippen LogP contribution in [0.3, 0.4) is 0 Å². The van der Waals surface area contributed by atoms with Crippen molar-refractivity contribution in [1.82, 2.24) is 0 Å². The first kappa shape index (κ1) is 28.3. The molecule has 0 saturated carbocycles. The highest BCUT2D eigenvalue weighted by molar-refractivity contribution is 7.87. The second-order valence-corrected chi connectivity index (χ2v) is 13.6. The van der Waals surface area contributed by atoms with Crippen LogP contribution in [-0.2, 0) is 30.4 Å². The second kappa shape index (κ2) is 9.09. The summed E-state index contributed by atoms with van der Waals surface area (Å²) in [7, 11) is -15.0. The highest BCUT2D eigenvalue weighted by Gasteiger charge is 2.29. The van der Waals surface area contributed by atoms with Gasteiger partial charge in [-0.25, -0.2) is 9.59 Å². The molecule has 4 N–H and O–H groups in total. The number of carbonyl (C=O) groups is 1. The monoisotopic (exact) mass is 646 g/mol. The topological polar surface area (TPSA) is 240 Å². The molecule has 0 unspecified atom stereocenters. The van der Waals surface area contributed by atoms with Crippen LogP contribution >= 0.6 is 0 Å². The van der Waals surface area contributed by atoms with E-state index < -0.39 is 67.9 Å². The average Bonchev–Trinajstić information content (AvgIpc) is 2.90. The van der Waals surface area contributed by atoms with Crippen molar-refractivity contribution in [3.63, 3.8) is 0 Å². The van der Waals surface area contributed by atoms with E-state index in [-0.39, 0.29) is 49.0 Å². The fourth-order valence-corrected chi connectivity index (χ4v) is 7.62. The summed E-state index contributed by atoms with van der Waals surface area (Å²) in [5.74, 6) is -2.52. The van der Waals surface area contributed by atoms with Crippen molar-refractivity contribution in [2.24, 2.45) is 0 Å². The summed E-state index contributed by atoms with van der Waals surface area (Å²) in [6.45, 7) is 0. The molecule has 0 radical (unpaired) electrons. The van der Waals surface area contributed by atoms with E-state index in [2.05, 4.69) is 0 Å². The van der Waals surface area contributed by atoms with Crippen molar-refractivity contribution in [3.8, 4) is 11.5 Å². The third-order valence-electron chi connectivity index (χ3n) is 6.73. The molecule has 0 fully saturated rings. The van der Waals surface area contributed by atoms with E-state index in [0.717, 1.165) is 36.4 Å². The van der Waals surface area contributed by atoms with Gasteiger partial charge in [-0.2, -0.15) is 25.3 Å². The maximum absolute atomic E-state index is 13.5. The average molecular weight is 647 g/mol. The maximum Gasteiger partial charge on any atom is 0.351 e. The van der Waals surface area contributed by atoms with E-state index >= 15 is 0 Å². The molecule has 1 aromatic heterocycles.